The number of aryl methyl sites for hydroxylation is 3. The van der Waals surface area contributed by atoms with Gasteiger partial charge in [0.05, 0.1) is 11.4 Å². The predicted molar refractivity (Wildman–Crippen MR) is 67.9 cm³/mol. The number of rotatable bonds is 3. The zero-order chi connectivity index (χ0) is 12.4. The molecule has 0 aliphatic rings. The Kier molecular flexibility index (Phi) is 3.08. The van der Waals surface area contributed by atoms with Crippen LogP contribution < -0.4 is 5.32 Å². The highest BCUT2D eigenvalue weighted by molar-refractivity contribution is 5.68. The van der Waals surface area contributed by atoms with Crippen molar-refractivity contribution in [1.82, 2.24) is 19.7 Å². The first-order valence-corrected chi connectivity index (χ1v) is 5.71. The van der Waals surface area contributed by atoms with E-state index in [1.165, 1.54) is 0 Å². The fourth-order valence-electron chi connectivity index (χ4n) is 1.61. The normalized spacial score (nSPS) is 10.6. The van der Waals surface area contributed by atoms with Gasteiger partial charge in [-0.2, -0.15) is 5.10 Å². The molecular weight excluding hydrogens is 214 g/mol. The summed E-state index contributed by atoms with van der Waals surface area (Å²) < 4.78 is 1.77. The Morgan fingerprint density at radius 1 is 1.24 bits per heavy atom. The molecule has 0 bridgehead atoms. The van der Waals surface area contributed by atoms with E-state index < -0.39 is 0 Å². The van der Waals surface area contributed by atoms with Crippen LogP contribution in [0.2, 0.25) is 0 Å². The van der Waals surface area contributed by atoms with Crippen LogP contribution in [0.25, 0.3) is 11.4 Å². The van der Waals surface area contributed by atoms with Crippen molar-refractivity contribution in [2.45, 2.75) is 20.8 Å². The van der Waals surface area contributed by atoms with E-state index in [0.717, 1.165) is 35.1 Å². The summed E-state index contributed by atoms with van der Waals surface area (Å²) in [5.74, 6) is 0.800. The minimum absolute atomic E-state index is 0.800. The summed E-state index contributed by atoms with van der Waals surface area (Å²) in [5, 5.41) is 7.60. The van der Waals surface area contributed by atoms with Gasteiger partial charge in [0.1, 0.15) is 11.4 Å². The molecule has 5 nitrogen and oxygen atoms in total. The molecule has 0 saturated heterocycles. The maximum Gasteiger partial charge on any atom is 0.154 e. The number of aromatic nitrogens is 4. The van der Waals surface area contributed by atoms with E-state index in [1.54, 1.807) is 4.68 Å². The minimum atomic E-state index is 0.800. The van der Waals surface area contributed by atoms with Crippen molar-refractivity contribution in [1.29, 1.82) is 0 Å². The largest absolute Gasteiger partial charge is 0.368 e. The Labute approximate surface area is 101 Å². The smallest absolute Gasteiger partial charge is 0.154 e. The molecule has 2 aromatic heterocycles. The number of hydrogen-bond donors (Lipinski definition) is 1. The van der Waals surface area contributed by atoms with Crippen LogP contribution in [0.1, 0.15) is 18.3 Å². The Bertz CT molecular complexity index is 530. The molecule has 0 aromatic carbocycles. The summed E-state index contributed by atoms with van der Waals surface area (Å²) in [6.45, 7) is 6.78. The first kappa shape index (κ1) is 11.6. The van der Waals surface area contributed by atoms with Gasteiger partial charge in [-0.15, -0.1) is 0 Å². The van der Waals surface area contributed by atoms with Crippen LogP contribution in [0, 0.1) is 13.8 Å². The molecule has 0 atom stereocenters. The van der Waals surface area contributed by atoms with Gasteiger partial charge in [-0.05, 0) is 26.8 Å². The molecule has 90 valence electrons. The average molecular weight is 231 g/mol. The molecule has 0 fully saturated rings. The molecule has 2 rings (SSSR count). The number of nitrogens with one attached hydrogen (secondary N) is 1. The van der Waals surface area contributed by atoms with Crippen molar-refractivity contribution in [3.05, 3.63) is 23.7 Å². The van der Waals surface area contributed by atoms with Gasteiger partial charge in [0.2, 0.25) is 0 Å². The topological polar surface area (TPSA) is 55.6 Å². The van der Waals surface area contributed by atoms with E-state index in [4.69, 9.17) is 0 Å². The van der Waals surface area contributed by atoms with Gasteiger partial charge in [0.25, 0.3) is 0 Å². The molecule has 0 radical (unpaired) electrons. The number of anilines is 1. The lowest BCUT2D eigenvalue weighted by Crippen LogP contribution is -2.06. The Hall–Kier alpha value is -1.91. The van der Waals surface area contributed by atoms with Crippen LogP contribution in [-0.4, -0.2) is 26.3 Å². The van der Waals surface area contributed by atoms with Crippen LogP contribution in [0.4, 0.5) is 5.82 Å². The lowest BCUT2D eigenvalue weighted by atomic mass is 10.2. The molecule has 0 unspecified atom stereocenters. The second kappa shape index (κ2) is 4.53. The third-order valence-corrected chi connectivity index (χ3v) is 2.61. The Morgan fingerprint density at radius 2 is 1.94 bits per heavy atom. The van der Waals surface area contributed by atoms with Gasteiger partial charge < -0.3 is 5.32 Å². The quantitative estimate of drug-likeness (QED) is 0.877. The Balaban J connectivity index is 2.54. The summed E-state index contributed by atoms with van der Waals surface area (Å²) in [6.07, 6.45) is 1.90. The second-order valence-corrected chi connectivity index (χ2v) is 4.00. The number of hydrogen-bond acceptors (Lipinski definition) is 4. The standard InChI is InChI=1S/C12H17N5/c1-5-13-12-11(10-6-7-17(4)16-10)14-8(2)9(3)15-12/h6-7H,5H2,1-4H3,(H,13,15). The SMILES string of the molecule is CCNc1nc(C)c(C)nc1-c1ccn(C)n1. The van der Waals surface area contributed by atoms with Crippen LogP contribution in [-0.2, 0) is 7.05 Å². The molecule has 0 amide bonds. The van der Waals surface area contributed by atoms with Crippen LogP contribution in [0.5, 0.6) is 0 Å². The van der Waals surface area contributed by atoms with E-state index in [1.807, 2.05) is 40.1 Å². The van der Waals surface area contributed by atoms with Crippen LogP contribution >= 0.6 is 0 Å². The first-order valence-electron chi connectivity index (χ1n) is 5.71. The van der Waals surface area contributed by atoms with E-state index in [-0.39, 0.29) is 0 Å². The predicted octanol–water partition coefficient (Wildman–Crippen LogP) is 1.93. The van der Waals surface area contributed by atoms with Gasteiger partial charge in [0.15, 0.2) is 5.82 Å². The van der Waals surface area contributed by atoms with Crippen molar-refractivity contribution >= 4 is 5.82 Å². The molecule has 0 aliphatic heterocycles. The van der Waals surface area contributed by atoms with Crippen LogP contribution in [0.15, 0.2) is 12.3 Å². The molecular formula is C12H17N5. The molecule has 17 heavy (non-hydrogen) atoms. The molecule has 0 aliphatic carbocycles. The third-order valence-electron chi connectivity index (χ3n) is 2.61. The fraction of sp³-hybridized carbons (Fsp3) is 0.417. The summed E-state index contributed by atoms with van der Waals surface area (Å²) in [6, 6.07) is 1.94. The summed E-state index contributed by atoms with van der Waals surface area (Å²) in [4.78, 5) is 9.10. The molecule has 0 spiro atoms. The highest BCUT2D eigenvalue weighted by atomic mass is 15.3. The van der Waals surface area contributed by atoms with Gasteiger partial charge in [-0.25, -0.2) is 9.97 Å². The molecule has 5 heteroatoms. The van der Waals surface area contributed by atoms with Crippen molar-refractivity contribution in [2.75, 3.05) is 11.9 Å². The second-order valence-electron chi connectivity index (χ2n) is 4.00. The maximum absolute atomic E-state index is 4.57. The lowest BCUT2D eigenvalue weighted by Gasteiger charge is -2.09. The van der Waals surface area contributed by atoms with Gasteiger partial charge >= 0.3 is 0 Å². The van der Waals surface area contributed by atoms with Crippen molar-refractivity contribution in [3.8, 4) is 11.4 Å². The minimum Gasteiger partial charge on any atom is -0.368 e. The lowest BCUT2D eigenvalue weighted by molar-refractivity contribution is 0.769. The van der Waals surface area contributed by atoms with E-state index in [0.29, 0.717) is 0 Å². The van der Waals surface area contributed by atoms with Gasteiger partial charge in [0, 0.05) is 19.8 Å². The zero-order valence-corrected chi connectivity index (χ0v) is 10.7. The fourth-order valence-corrected chi connectivity index (χ4v) is 1.61. The van der Waals surface area contributed by atoms with Crippen molar-refractivity contribution in [3.63, 3.8) is 0 Å². The molecule has 1 N–H and O–H groups in total. The molecule has 2 aromatic rings. The van der Waals surface area contributed by atoms with Crippen LogP contribution in [0.3, 0.4) is 0 Å². The summed E-state index contributed by atoms with van der Waals surface area (Å²) in [5.41, 5.74) is 3.54. The highest BCUT2D eigenvalue weighted by Gasteiger charge is 2.12. The number of nitrogens with zero attached hydrogens (tertiary/aromatic N) is 4. The highest BCUT2D eigenvalue weighted by Crippen LogP contribution is 2.23. The zero-order valence-electron chi connectivity index (χ0n) is 10.7. The molecule has 0 saturated carbocycles. The first-order chi connectivity index (χ1) is 8.11. The van der Waals surface area contributed by atoms with E-state index in [9.17, 15) is 0 Å². The Morgan fingerprint density at radius 3 is 2.53 bits per heavy atom. The van der Waals surface area contributed by atoms with Crippen molar-refractivity contribution in [2.24, 2.45) is 7.05 Å². The van der Waals surface area contributed by atoms with Crippen molar-refractivity contribution < 1.29 is 0 Å². The monoisotopic (exact) mass is 231 g/mol. The van der Waals surface area contributed by atoms with E-state index in [2.05, 4.69) is 20.4 Å². The summed E-state index contributed by atoms with van der Waals surface area (Å²) >= 11 is 0. The molecule has 2 heterocycles. The van der Waals surface area contributed by atoms with Gasteiger partial charge in [-0.1, -0.05) is 0 Å². The maximum atomic E-state index is 4.57. The average Bonchev–Trinajstić information content (AvgIpc) is 2.70. The van der Waals surface area contributed by atoms with Gasteiger partial charge in [-0.3, -0.25) is 4.68 Å². The summed E-state index contributed by atoms with van der Waals surface area (Å²) in [7, 11) is 1.89. The third kappa shape index (κ3) is 2.27. The van der Waals surface area contributed by atoms with E-state index >= 15 is 0 Å².